The van der Waals surface area contributed by atoms with Crippen LogP contribution in [0.5, 0.6) is 0 Å². The van der Waals surface area contributed by atoms with Gasteiger partial charge in [-0.2, -0.15) is 0 Å². The lowest BCUT2D eigenvalue weighted by Gasteiger charge is -2.37. The topological polar surface area (TPSA) is 57.6 Å². The van der Waals surface area contributed by atoms with Gasteiger partial charge < -0.3 is 10.0 Å². The van der Waals surface area contributed by atoms with Crippen LogP contribution in [0, 0.1) is 11.8 Å². The Hall–Kier alpha value is -1.84. The summed E-state index contributed by atoms with van der Waals surface area (Å²) in [5.41, 5.74) is 1.18. The molecule has 1 aromatic carbocycles. The summed E-state index contributed by atoms with van der Waals surface area (Å²) in [7, 11) is 0. The van der Waals surface area contributed by atoms with Gasteiger partial charge in [-0.1, -0.05) is 44.2 Å². The summed E-state index contributed by atoms with van der Waals surface area (Å²) in [4.78, 5) is 25.8. The average Bonchev–Trinajstić information content (AvgIpc) is 2.53. The number of carbonyl (C=O) groups excluding carboxylic acids is 1. The average molecular weight is 317 g/mol. The van der Waals surface area contributed by atoms with Crippen molar-refractivity contribution < 1.29 is 14.7 Å². The van der Waals surface area contributed by atoms with Crippen LogP contribution in [-0.4, -0.2) is 34.5 Å². The largest absolute Gasteiger partial charge is 0.481 e. The number of amides is 1. The first-order valence-electron chi connectivity index (χ1n) is 8.47. The number of benzene rings is 1. The maximum atomic E-state index is 12.8. The van der Waals surface area contributed by atoms with Crippen LogP contribution in [0.4, 0.5) is 0 Å². The van der Waals surface area contributed by atoms with Crippen molar-refractivity contribution in [2.24, 2.45) is 11.8 Å². The summed E-state index contributed by atoms with van der Waals surface area (Å²) in [6.45, 7) is 6.62. The van der Waals surface area contributed by atoms with Crippen LogP contribution in [0.15, 0.2) is 30.3 Å². The molecule has 0 aliphatic carbocycles. The van der Waals surface area contributed by atoms with Crippen LogP contribution in [-0.2, 0) is 9.59 Å². The zero-order valence-electron chi connectivity index (χ0n) is 14.2. The summed E-state index contributed by atoms with van der Waals surface area (Å²) in [6.07, 6.45) is 1.87. The van der Waals surface area contributed by atoms with E-state index in [0.717, 1.165) is 6.42 Å². The molecule has 0 saturated carbocycles. The molecule has 0 aromatic heterocycles. The van der Waals surface area contributed by atoms with Crippen molar-refractivity contribution in [3.63, 3.8) is 0 Å². The SMILES string of the molecule is CC(C)C(CC(=O)N1CC(C(=O)O)CCC1C)c1ccccc1. The van der Waals surface area contributed by atoms with Gasteiger partial charge in [-0.05, 0) is 37.2 Å². The van der Waals surface area contributed by atoms with E-state index in [1.807, 2.05) is 25.1 Å². The van der Waals surface area contributed by atoms with Crippen molar-refractivity contribution in [1.82, 2.24) is 4.90 Å². The van der Waals surface area contributed by atoms with Gasteiger partial charge in [0.25, 0.3) is 0 Å². The lowest BCUT2D eigenvalue weighted by Crippen LogP contribution is -2.47. The van der Waals surface area contributed by atoms with E-state index in [1.54, 1.807) is 4.90 Å². The van der Waals surface area contributed by atoms with Crippen molar-refractivity contribution in [2.45, 2.75) is 52.0 Å². The number of hydrogen-bond acceptors (Lipinski definition) is 2. The van der Waals surface area contributed by atoms with Crippen molar-refractivity contribution in [1.29, 1.82) is 0 Å². The minimum atomic E-state index is -0.793. The quantitative estimate of drug-likeness (QED) is 0.904. The second-order valence-corrected chi connectivity index (χ2v) is 6.97. The van der Waals surface area contributed by atoms with Crippen LogP contribution in [0.1, 0.15) is 51.5 Å². The Morgan fingerprint density at radius 1 is 1.22 bits per heavy atom. The minimum absolute atomic E-state index is 0.0750. The second kappa shape index (κ2) is 7.62. The molecule has 0 spiro atoms. The first-order chi connectivity index (χ1) is 10.9. The van der Waals surface area contributed by atoms with Gasteiger partial charge >= 0.3 is 5.97 Å². The van der Waals surface area contributed by atoms with E-state index in [9.17, 15) is 14.7 Å². The summed E-state index contributed by atoms with van der Waals surface area (Å²) in [6, 6.07) is 10.2. The fourth-order valence-electron chi connectivity index (χ4n) is 3.40. The Kier molecular flexibility index (Phi) is 5.80. The molecule has 4 heteroatoms. The molecule has 4 nitrogen and oxygen atoms in total. The molecule has 1 amide bonds. The molecule has 2 rings (SSSR count). The molecule has 3 atom stereocenters. The Labute approximate surface area is 138 Å². The predicted octanol–water partition coefficient (Wildman–Crippen LogP) is 3.53. The number of piperidine rings is 1. The monoisotopic (exact) mass is 317 g/mol. The first-order valence-corrected chi connectivity index (χ1v) is 8.47. The van der Waals surface area contributed by atoms with Crippen LogP contribution in [0.2, 0.25) is 0 Å². The number of carbonyl (C=O) groups is 2. The lowest BCUT2D eigenvalue weighted by atomic mass is 9.84. The molecule has 0 radical (unpaired) electrons. The molecule has 1 aliphatic rings. The van der Waals surface area contributed by atoms with Crippen LogP contribution in [0.3, 0.4) is 0 Å². The second-order valence-electron chi connectivity index (χ2n) is 6.97. The Morgan fingerprint density at radius 2 is 1.87 bits per heavy atom. The number of hydrogen-bond donors (Lipinski definition) is 1. The maximum absolute atomic E-state index is 12.8. The van der Waals surface area contributed by atoms with Crippen molar-refractivity contribution in [3.8, 4) is 0 Å². The Balaban J connectivity index is 2.10. The Bertz CT molecular complexity index is 541. The number of carboxylic acids is 1. The fourth-order valence-corrected chi connectivity index (χ4v) is 3.40. The third kappa shape index (κ3) is 4.34. The third-order valence-corrected chi connectivity index (χ3v) is 4.98. The van der Waals surface area contributed by atoms with Crippen molar-refractivity contribution in [3.05, 3.63) is 35.9 Å². The van der Waals surface area contributed by atoms with E-state index in [4.69, 9.17) is 0 Å². The number of aliphatic carboxylic acids is 1. The van der Waals surface area contributed by atoms with E-state index < -0.39 is 11.9 Å². The van der Waals surface area contributed by atoms with Crippen LogP contribution < -0.4 is 0 Å². The van der Waals surface area contributed by atoms with E-state index in [0.29, 0.717) is 25.3 Å². The summed E-state index contributed by atoms with van der Waals surface area (Å²) < 4.78 is 0. The zero-order chi connectivity index (χ0) is 17.0. The highest BCUT2D eigenvalue weighted by Gasteiger charge is 2.33. The molecule has 23 heavy (non-hydrogen) atoms. The normalized spacial score (nSPS) is 22.9. The highest BCUT2D eigenvalue weighted by Crippen LogP contribution is 2.30. The third-order valence-electron chi connectivity index (χ3n) is 4.98. The van der Waals surface area contributed by atoms with Gasteiger partial charge in [0.2, 0.25) is 5.91 Å². The number of rotatable bonds is 5. The molecule has 1 aliphatic heterocycles. The molecule has 1 aromatic rings. The standard InChI is InChI=1S/C19H27NO3/c1-13(2)17(15-7-5-4-6-8-15)11-18(21)20-12-16(19(22)23)10-9-14(20)3/h4-8,13-14,16-17H,9-12H2,1-3H3,(H,22,23). The van der Waals surface area contributed by atoms with Gasteiger partial charge in [-0.25, -0.2) is 0 Å². The van der Waals surface area contributed by atoms with E-state index in [1.165, 1.54) is 5.56 Å². The van der Waals surface area contributed by atoms with Crippen LogP contribution in [0.25, 0.3) is 0 Å². The van der Waals surface area contributed by atoms with E-state index in [2.05, 4.69) is 26.0 Å². The van der Waals surface area contributed by atoms with Gasteiger partial charge in [-0.15, -0.1) is 0 Å². The molecule has 1 fully saturated rings. The van der Waals surface area contributed by atoms with Gasteiger partial charge in [0.05, 0.1) is 5.92 Å². The van der Waals surface area contributed by atoms with Crippen LogP contribution >= 0.6 is 0 Å². The molecule has 0 bridgehead atoms. The molecular formula is C19H27NO3. The molecule has 1 N–H and O–H groups in total. The summed E-state index contributed by atoms with van der Waals surface area (Å²) >= 11 is 0. The van der Waals surface area contributed by atoms with Gasteiger partial charge in [-0.3, -0.25) is 9.59 Å². The number of nitrogens with zero attached hydrogens (tertiary/aromatic N) is 1. The van der Waals surface area contributed by atoms with Gasteiger partial charge in [0.1, 0.15) is 0 Å². The Morgan fingerprint density at radius 3 is 2.43 bits per heavy atom. The van der Waals surface area contributed by atoms with Crippen molar-refractivity contribution >= 4 is 11.9 Å². The number of likely N-dealkylation sites (tertiary alicyclic amines) is 1. The smallest absolute Gasteiger partial charge is 0.308 e. The molecule has 3 unspecified atom stereocenters. The highest BCUT2D eigenvalue weighted by atomic mass is 16.4. The molecule has 1 saturated heterocycles. The van der Waals surface area contributed by atoms with Crippen molar-refractivity contribution in [2.75, 3.05) is 6.54 Å². The fraction of sp³-hybridized carbons (Fsp3) is 0.579. The van der Waals surface area contributed by atoms with E-state index >= 15 is 0 Å². The maximum Gasteiger partial charge on any atom is 0.308 e. The van der Waals surface area contributed by atoms with Gasteiger partial charge in [0, 0.05) is 19.0 Å². The molecule has 126 valence electrons. The van der Waals surface area contributed by atoms with E-state index in [-0.39, 0.29) is 17.9 Å². The number of carboxylic acid groups (broad SMARTS) is 1. The highest BCUT2D eigenvalue weighted by molar-refractivity contribution is 5.79. The van der Waals surface area contributed by atoms with Gasteiger partial charge in [0.15, 0.2) is 0 Å². The first kappa shape index (κ1) is 17.5. The molecular weight excluding hydrogens is 290 g/mol. The lowest BCUT2D eigenvalue weighted by molar-refractivity contribution is -0.147. The summed E-state index contributed by atoms with van der Waals surface area (Å²) in [5, 5.41) is 9.23. The summed E-state index contributed by atoms with van der Waals surface area (Å²) in [5.74, 6) is -0.619. The molecule has 1 heterocycles. The zero-order valence-corrected chi connectivity index (χ0v) is 14.2. The minimum Gasteiger partial charge on any atom is -0.481 e. The predicted molar refractivity (Wildman–Crippen MR) is 90.2 cm³/mol.